The number of hydrogen-bond acceptors (Lipinski definition) is 3. The van der Waals surface area contributed by atoms with Gasteiger partial charge in [0.2, 0.25) is 0 Å². The summed E-state index contributed by atoms with van der Waals surface area (Å²) < 4.78 is 12.2. The molecule has 1 aromatic carbocycles. The molecule has 2 heterocycles. The zero-order valence-corrected chi connectivity index (χ0v) is 15.4. The summed E-state index contributed by atoms with van der Waals surface area (Å²) in [5.41, 5.74) is 2.92. The van der Waals surface area contributed by atoms with Crippen LogP contribution in [0, 0.1) is 0 Å². The predicted molar refractivity (Wildman–Crippen MR) is 98.1 cm³/mol. The number of hydrogen-bond donors (Lipinski definition) is 2. The summed E-state index contributed by atoms with van der Waals surface area (Å²) >= 11 is 8.63. The van der Waals surface area contributed by atoms with Crippen molar-refractivity contribution in [3.63, 3.8) is 0 Å². The van der Waals surface area contributed by atoms with Crippen LogP contribution in [0.2, 0.25) is 5.02 Å². The molecule has 0 saturated carbocycles. The lowest BCUT2D eigenvalue weighted by molar-refractivity contribution is 0.198. The van der Waals surface area contributed by atoms with Crippen LogP contribution >= 0.6 is 27.5 Å². The Balaban J connectivity index is 2.29. The van der Waals surface area contributed by atoms with Gasteiger partial charge in [0.25, 0.3) is 0 Å². The molecule has 0 aliphatic rings. The number of aromatic nitrogens is 2. The van der Waals surface area contributed by atoms with Crippen LogP contribution in [0.1, 0.15) is 11.8 Å². The first-order chi connectivity index (χ1) is 11.0. The molecular weight excluding hydrogens is 400 g/mol. The fourth-order valence-corrected chi connectivity index (χ4v) is 3.89. The van der Waals surface area contributed by atoms with Crippen molar-refractivity contribution in [1.29, 1.82) is 0 Å². The van der Waals surface area contributed by atoms with Gasteiger partial charge in [-0.1, -0.05) is 28.8 Å². The number of aromatic amines is 1. The van der Waals surface area contributed by atoms with E-state index in [1.165, 1.54) is 0 Å². The van der Waals surface area contributed by atoms with Crippen LogP contribution in [0.3, 0.4) is 0 Å². The highest BCUT2D eigenvalue weighted by Crippen LogP contribution is 2.41. The van der Waals surface area contributed by atoms with Crippen LogP contribution in [-0.2, 0) is 11.2 Å². The lowest BCUT2D eigenvalue weighted by atomic mass is 10.0. The topological polar surface area (TPSA) is 72.0 Å². The molecule has 3 rings (SSSR count). The lowest BCUT2D eigenvalue weighted by Gasteiger charge is -2.13. The lowest BCUT2D eigenvalue weighted by Crippen LogP contribution is -2.13. The molecule has 120 valence electrons. The average molecular weight is 414 g/mol. The van der Waals surface area contributed by atoms with Gasteiger partial charge in [-0.15, -0.1) is 0 Å². The van der Waals surface area contributed by atoms with Gasteiger partial charge in [0, 0.05) is 27.1 Å². The van der Waals surface area contributed by atoms with E-state index in [9.17, 15) is 9.66 Å². The van der Waals surface area contributed by atoms with E-state index in [0.29, 0.717) is 10.7 Å². The first-order valence-electron chi connectivity index (χ1n) is 6.88. The molecule has 0 amide bonds. The Morgan fingerprint density at radius 1 is 1.39 bits per heavy atom. The van der Waals surface area contributed by atoms with Crippen LogP contribution in [0.15, 0.2) is 41.0 Å². The maximum atomic E-state index is 11.5. The van der Waals surface area contributed by atoms with Crippen LogP contribution < -0.4 is 0 Å². The number of aliphatic hydroxyl groups excluding tert-OH is 1. The van der Waals surface area contributed by atoms with Gasteiger partial charge >= 0.3 is 0 Å². The SMILES string of the molecule is C[S+]([O-])CC(O)c1[nH]c2ccc(Cl)c(Br)c2c1-c1ccccn1. The van der Waals surface area contributed by atoms with Gasteiger partial charge in [-0.3, -0.25) is 4.98 Å². The number of benzene rings is 1. The van der Waals surface area contributed by atoms with Gasteiger partial charge in [-0.2, -0.15) is 0 Å². The van der Waals surface area contributed by atoms with E-state index < -0.39 is 17.3 Å². The molecule has 2 N–H and O–H groups in total. The standard InChI is InChI=1S/C16H14BrClN2O2S/c1-23(22)8-12(21)16-14(10-4-2-3-7-19-10)13-11(20-16)6-5-9(18)15(13)17/h2-7,12,20-21H,8H2,1H3. The number of H-pyrrole nitrogens is 1. The van der Waals surface area contributed by atoms with E-state index in [1.54, 1.807) is 18.5 Å². The number of rotatable bonds is 4. The molecular formula is C16H14BrClN2O2S. The van der Waals surface area contributed by atoms with Gasteiger partial charge in [-0.05, 0) is 40.2 Å². The fourth-order valence-electron chi connectivity index (χ4n) is 2.57. The Hall–Kier alpha value is -1.05. The van der Waals surface area contributed by atoms with E-state index in [1.807, 2.05) is 24.3 Å². The second-order valence-corrected chi connectivity index (χ2v) is 7.85. The molecule has 2 aromatic heterocycles. The van der Waals surface area contributed by atoms with Crippen LogP contribution in [0.5, 0.6) is 0 Å². The first-order valence-corrected chi connectivity index (χ1v) is 9.78. The first kappa shape index (κ1) is 16.8. The van der Waals surface area contributed by atoms with Crippen LogP contribution in [-0.4, -0.2) is 31.6 Å². The quantitative estimate of drug-likeness (QED) is 0.634. The molecule has 3 aromatic rings. The van der Waals surface area contributed by atoms with Crippen molar-refractivity contribution in [2.45, 2.75) is 6.10 Å². The number of pyridine rings is 1. The highest BCUT2D eigenvalue weighted by molar-refractivity contribution is 9.10. The molecule has 0 aliphatic heterocycles. The Morgan fingerprint density at radius 3 is 2.83 bits per heavy atom. The van der Waals surface area contributed by atoms with Crippen LogP contribution in [0.25, 0.3) is 22.2 Å². The Bertz CT molecular complexity index is 839. The molecule has 0 saturated heterocycles. The fraction of sp³-hybridized carbons (Fsp3) is 0.188. The van der Waals surface area contributed by atoms with Gasteiger partial charge in [-0.25, -0.2) is 0 Å². The molecule has 7 heteroatoms. The summed E-state index contributed by atoms with van der Waals surface area (Å²) in [4.78, 5) is 7.62. The van der Waals surface area contributed by atoms with Crippen molar-refractivity contribution in [3.8, 4) is 11.3 Å². The number of aliphatic hydroxyl groups is 1. The number of nitrogens with zero attached hydrogens (tertiary/aromatic N) is 1. The molecule has 4 nitrogen and oxygen atoms in total. The van der Waals surface area contributed by atoms with Gasteiger partial charge in [0.15, 0.2) is 0 Å². The summed E-state index contributed by atoms with van der Waals surface area (Å²) in [5.74, 6) is 0.151. The number of fused-ring (bicyclic) bond motifs is 1. The predicted octanol–water partition coefficient (Wildman–Crippen LogP) is 4.06. The molecule has 0 bridgehead atoms. The van der Waals surface area contributed by atoms with Gasteiger partial charge < -0.3 is 14.6 Å². The van der Waals surface area contributed by atoms with Crippen molar-refractivity contribution in [3.05, 3.63) is 51.7 Å². The third kappa shape index (κ3) is 3.27. The normalized spacial score (nSPS) is 14.1. The monoisotopic (exact) mass is 412 g/mol. The molecule has 0 radical (unpaired) electrons. The Kier molecular flexibility index (Phi) is 4.98. The second kappa shape index (κ2) is 6.83. The third-order valence-electron chi connectivity index (χ3n) is 3.53. The summed E-state index contributed by atoms with van der Waals surface area (Å²) in [6.07, 6.45) is 2.38. The number of halogens is 2. The largest absolute Gasteiger partial charge is 0.616 e. The second-order valence-electron chi connectivity index (χ2n) is 5.17. The average Bonchev–Trinajstić information content (AvgIpc) is 2.91. The molecule has 0 fully saturated rings. The highest BCUT2D eigenvalue weighted by atomic mass is 79.9. The summed E-state index contributed by atoms with van der Waals surface area (Å²) in [6, 6.07) is 9.22. The molecule has 0 aliphatic carbocycles. The molecule has 0 spiro atoms. The van der Waals surface area contributed by atoms with Gasteiger partial charge in [0.05, 0.1) is 22.7 Å². The van der Waals surface area contributed by atoms with E-state index >= 15 is 0 Å². The van der Waals surface area contributed by atoms with Crippen molar-refractivity contribution < 1.29 is 9.66 Å². The maximum Gasteiger partial charge on any atom is 0.139 e. The van der Waals surface area contributed by atoms with E-state index in [2.05, 4.69) is 25.9 Å². The summed E-state index contributed by atoms with van der Waals surface area (Å²) in [7, 11) is 0. The Morgan fingerprint density at radius 2 is 2.17 bits per heavy atom. The maximum absolute atomic E-state index is 11.5. The van der Waals surface area contributed by atoms with E-state index in [-0.39, 0.29) is 5.75 Å². The third-order valence-corrected chi connectivity index (χ3v) is 5.68. The molecule has 2 unspecified atom stereocenters. The van der Waals surface area contributed by atoms with Crippen molar-refractivity contribution >= 4 is 49.6 Å². The minimum Gasteiger partial charge on any atom is -0.616 e. The molecule has 23 heavy (non-hydrogen) atoms. The van der Waals surface area contributed by atoms with Gasteiger partial charge in [0.1, 0.15) is 11.9 Å². The summed E-state index contributed by atoms with van der Waals surface area (Å²) in [6.45, 7) is 0. The zero-order valence-electron chi connectivity index (χ0n) is 12.2. The molecule has 2 atom stereocenters. The smallest absolute Gasteiger partial charge is 0.139 e. The minimum atomic E-state index is -1.12. The number of nitrogens with one attached hydrogen (secondary N) is 1. The van der Waals surface area contributed by atoms with Crippen molar-refractivity contribution in [2.24, 2.45) is 0 Å². The van der Waals surface area contributed by atoms with Crippen molar-refractivity contribution in [2.75, 3.05) is 12.0 Å². The summed E-state index contributed by atoms with van der Waals surface area (Å²) in [5, 5.41) is 11.9. The van der Waals surface area contributed by atoms with Crippen LogP contribution in [0.4, 0.5) is 0 Å². The van der Waals surface area contributed by atoms with E-state index in [4.69, 9.17) is 11.6 Å². The minimum absolute atomic E-state index is 0.151. The zero-order chi connectivity index (χ0) is 16.6. The highest BCUT2D eigenvalue weighted by Gasteiger charge is 2.24. The van der Waals surface area contributed by atoms with Crippen molar-refractivity contribution in [1.82, 2.24) is 9.97 Å². The Labute approximate surface area is 150 Å². The van der Waals surface area contributed by atoms with E-state index in [0.717, 1.165) is 26.6 Å².